The van der Waals surface area contributed by atoms with E-state index in [1.165, 1.54) is 0 Å². The van der Waals surface area contributed by atoms with Gasteiger partial charge in [-0.05, 0) is 27.8 Å². The van der Waals surface area contributed by atoms with Crippen molar-refractivity contribution in [3.63, 3.8) is 0 Å². The first-order chi connectivity index (χ1) is 6.40. The molecule has 0 aromatic heterocycles. The summed E-state index contributed by atoms with van der Waals surface area (Å²) in [6.07, 6.45) is 1.08. The Balaban J connectivity index is 2.35. The van der Waals surface area contributed by atoms with Gasteiger partial charge < -0.3 is 15.2 Å². The predicted molar refractivity (Wildman–Crippen MR) is 53.7 cm³/mol. The standard InChI is InChI=1S/C10H20N2O2/c1-7-5-9(3)10(11,8(2)14-7)12(4)6-13-9/h7-8H,5-6,11H2,1-4H3. The molecule has 2 heterocycles. The summed E-state index contributed by atoms with van der Waals surface area (Å²) < 4.78 is 11.6. The number of rotatable bonds is 0. The first-order valence-corrected chi connectivity index (χ1v) is 5.20. The molecule has 2 fully saturated rings. The summed E-state index contributed by atoms with van der Waals surface area (Å²) in [4.78, 5) is 2.05. The summed E-state index contributed by atoms with van der Waals surface area (Å²) in [6, 6.07) is 0. The fourth-order valence-electron chi connectivity index (χ4n) is 2.88. The highest BCUT2D eigenvalue weighted by atomic mass is 16.6. The van der Waals surface area contributed by atoms with Crippen LogP contribution in [0.1, 0.15) is 27.2 Å². The van der Waals surface area contributed by atoms with E-state index in [0.717, 1.165) is 6.42 Å². The van der Waals surface area contributed by atoms with Crippen molar-refractivity contribution in [3.05, 3.63) is 0 Å². The quantitative estimate of drug-likeness (QED) is 0.619. The molecule has 0 aliphatic carbocycles. The van der Waals surface area contributed by atoms with Crippen LogP contribution < -0.4 is 5.73 Å². The normalized spacial score (nSPS) is 54.6. The second kappa shape index (κ2) is 2.92. The van der Waals surface area contributed by atoms with Gasteiger partial charge in [-0.2, -0.15) is 0 Å². The summed E-state index contributed by atoms with van der Waals surface area (Å²) in [6.45, 7) is 6.78. The molecule has 4 unspecified atom stereocenters. The van der Waals surface area contributed by atoms with Crippen molar-refractivity contribution in [1.82, 2.24) is 4.90 Å². The molecule has 4 atom stereocenters. The van der Waals surface area contributed by atoms with Crippen LogP contribution in [0.5, 0.6) is 0 Å². The first-order valence-electron chi connectivity index (χ1n) is 5.20. The van der Waals surface area contributed by atoms with Crippen LogP contribution >= 0.6 is 0 Å². The lowest BCUT2D eigenvalue weighted by atomic mass is 9.79. The van der Waals surface area contributed by atoms with Crippen LogP contribution in [0.3, 0.4) is 0 Å². The van der Waals surface area contributed by atoms with Gasteiger partial charge in [0.15, 0.2) is 0 Å². The number of hydrogen-bond donors (Lipinski definition) is 1. The SMILES string of the molecule is CC1CC2(C)OCN(C)C2(N)C(C)O1. The number of hydrogen-bond acceptors (Lipinski definition) is 4. The van der Waals surface area contributed by atoms with Gasteiger partial charge in [-0.15, -0.1) is 0 Å². The molecular weight excluding hydrogens is 180 g/mol. The van der Waals surface area contributed by atoms with Gasteiger partial charge in [-0.1, -0.05) is 0 Å². The van der Waals surface area contributed by atoms with E-state index in [1.807, 2.05) is 18.9 Å². The largest absolute Gasteiger partial charge is 0.372 e. The molecule has 14 heavy (non-hydrogen) atoms. The van der Waals surface area contributed by atoms with Gasteiger partial charge in [0.2, 0.25) is 0 Å². The zero-order chi connectivity index (χ0) is 10.6. The van der Waals surface area contributed by atoms with Crippen LogP contribution in [0.25, 0.3) is 0 Å². The van der Waals surface area contributed by atoms with Crippen molar-refractivity contribution in [3.8, 4) is 0 Å². The van der Waals surface area contributed by atoms with Gasteiger partial charge in [0, 0.05) is 6.42 Å². The van der Waals surface area contributed by atoms with E-state index in [-0.39, 0.29) is 17.8 Å². The monoisotopic (exact) mass is 200 g/mol. The van der Waals surface area contributed by atoms with Crippen molar-refractivity contribution < 1.29 is 9.47 Å². The number of nitrogens with two attached hydrogens (primary N) is 1. The minimum absolute atomic E-state index is 0.00347. The van der Waals surface area contributed by atoms with Crippen molar-refractivity contribution in [2.24, 2.45) is 5.73 Å². The molecule has 0 aromatic carbocycles. The van der Waals surface area contributed by atoms with Crippen LogP contribution in [0.4, 0.5) is 0 Å². The van der Waals surface area contributed by atoms with Gasteiger partial charge in [-0.25, -0.2) is 0 Å². The molecule has 2 N–H and O–H groups in total. The zero-order valence-electron chi connectivity index (χ0n) is 9.41. The zero-order valence-corrected chi connectivity index (χ0v) is 9.41. The maximum Gasteiger partial charge on any atom is 0.127 e. The maximum atomic E-state index is 6.42. The summed E-state index contributed by atoms with van der Waals surface area (Å²) in [7, 11) is 1.99. The highest BCUT2D eigenvalue weighted by Crippen LogP contribution is 2.44. The molecule has 0 saturated carbocycles. The Bertz CT molecular complexity index is 248. The minimum atomic E-state index is -0.487. The lowest BCUT2D eigenvalue weighted by Gasteiger charge is -2.51. The highest BCUT2D eigenvalue weighted by Gasteiger charge is 2.61. The molecule has 82 valence electrons. The number of nitrogens with zero attached hydrogens (tertiary/aromatic N) is 1. The van der Waals surface area contributed by atoms with Crippen molar-refractivity contribution >= 4 is 0 Å². The van der Waals surface area contributed by atoms with E-state index in [9.17, 15) is 0 Å². The molecule has 4 nitrogen and oxygen atoms in total. The number of ether oxygens (including phenoxy) is 2. The average molecular weight is 200 g/mol. The molecule has 0 bridgehead atoms. The summed E-state index contributed by atoms with van der Waals surface area (Å²) >= 11 is 0. The lowest BCUT2D eigenvalue weighted by molar-refractivity contribution is -0.177. The van der Waals surface area contributed by atoms with Crippen LogP contribution in [-0.2, 0) is 9.47 Å². The molecule has 0 aromatic rings. The van der Waals surface area contributed by atoms with Gasteiger partial charge in [0.05, 0.1) is 12.2 Å². The molecule has 2 rings (SSSR count). The van der Waals surface area contributed by atoms with E-state index >= 15 is 0 Å². The van der Waals surface area contributed by atoms with Gasteiger partial charge in [-0.3, -0.25) is 4.90 Å². The lowest BCUT2D eigenvalue weighted by Crippen LogP contribution is -2.72. The Labute approximate surface area is 85.3 Å². The number of fused-ring (bicyclic) bond motifs is 1. The van der Waals surface area contributed by atoms with E-state index in [4.69, 9.17) is 15.2 Å². The van der Waals surface area contributed by atoms with E-state index in [1.54, 1.807) is 0 Å². The predicted octanol–water partition coefficient (Wildman–Crippen LogP) is 0.517. The van der Waals surface area contributed by atoms with Crippen LogP contribution in [0.15, 0.2) is 0 Å². The molecule has 0 radical (unpaired) electrons. The third kappa shape index (κ3) is 1.08. The van der Waals surface area contributed by atoms with Crippen molar-refractivity contribution in [2.75, 3.05) is 13.8 Å². The second-order valence-electron chi connectivity index (χ2n) is 4.82. The second-order valence-corrected chi connectivity index (χ2v) is 4.82. The molecule has 2 saturated heterocycles. The molecule has 0 spiro atoms. The molecular formula is C10H20N2O2. The summed E-state index contributed by atoms with van der Waals surface area (Å²) in [5, 5.41) is 0. The Hall–Kier alpha value is -0.160. The molecule has 2 aliphatic rings. The summed E-state index contributed by atoms with van der Waals surface area (Å²) in [5.41, 5.74) is 5.66. The van der Waals surface area contributed by atoms with Crippen LogP contribution in [0, 0.1) is 0 Å². The van der Waals surface area contributed by atoms with E-state index in [0.29, 0.717) is 6.73 Å². The molecule has 0 amide bonds. The van der Waals surface area contributed by atoms with Crippen molar-refractivity contribution in [2.45, 2.75) is 50.7 Å². The van der Waals surface area contributed by atoms with Gasteiger partial charge in [0.25, 0.3) is 0 Å². The topological polar surface area (TPSA) is 47.7 Å². The van der Waals surface area contributed by atoms with Crippen molar-refractivity contribution in [1.29, 1.82) is 0 Å². The number of likely N-dealkylation sites (N-methyl/N-ethyl adjacent to an activating group) is 1. The average Bonchev–Trinajstić information content (AvgIpc) is 2.30. The third-order valence-corrected chi connectivity index (χ3v) is 3.79. The van der Waals surface area contributed by atoms with E-state index < -0.39 is 5.66 Å². The minimum Gasteiger partial charge on any atom is -0.372 e. The Morgan fingerprint density at radius 2 is 2.07 bits per heavy atom. The van der Waals surface area contributed by atoms with Crippen LogP contribution in [0.2, 0.25) is 0 Å². The Morgan fingerprint density at radius 3 is 2.71 bits per heavy atom. The highest BCUT2D eigenvalue weighted by molar-refractivity contribution is 5.11. The fraction of sp³-hybridized carbons (Fsp3) is 1.00. The Morgan fingerprint density at radius 1 is 1.43 bits per heavy atom. The Kier molecular flexibility index (Phi) is 2.16. The van der Waals surface area contributed by atoms with E-state index in [2.05, 4.69) is 13.8 Å². The third-order valence-electron chi connectivity index (χ3n) is 3.79. The molecule has 4 heteroatoms. The molecule has 2 aliphatic heterocycles. The maximum absolute atomic E-state index is 6.42. The van der Waals surface area contributed by atoms with Gasteiger partial charge in [0.1, 0.15) is 18.0 Å². The first kappa shape index (κ1) is 10.4. The smallest absolute Gasteiger partial charge is 0.127 e. The van der Waals surface area contributed by atoms with Crippen LogP contribution in [-0.4, -0.2) is 42.2 Å². The fourth-order valence-corrected chi connectivity index (χ4v) is 2.88. The van der Waals surface area contributed by atoms with Gasteiger partial charge >= 0.3 is 0 Å². The summed E-state index contributed by atoms with van der Waals surface area (Å²) in [5.74, 6) is 0.